The van der Waals surface area contributed by atoms with Crippen molar-refractivity contribution in [1.29, 1.82) is 0 Å². The summed E-state index contributed by atoms with van der Waals surface area (Å²) in [5.41, 5.74) is 1.53. The molecule has 0 N–H and O–H groups in total. The fourth-order valence-electron chi connectivity index (χ4n) is 1.93. The smallest absolute Gasteiger partial charge is 0.127 e. The van der Waals surface area contributed by atoms with Gasteiger partial charge in [-0.1, -0.05) is 34.1 Å². The van der Waals surface area contributed by atoms with Gasteiger partial charge in [-0.25, -0.2) is 9.97 Å². The first kappa shape index (κ1) is 12.2. The molecule has 1 heterocycles. The van der Waals surface area contributed by atoms with E-state index in [0.29, 0.717) is 0 Å². The Kier molecular flexibility index (Phi) is 4.25. The Bertz CT molecular complexity index is 292. The highest BCUT2D eigenvalue weighted by molar-refractivity contribution is 5.18. The zero-order chi connectivity index (χ0) is 11.3. The van der Waals surface area contributed by atoms with Crippen LogP contribution in [0, 0.1) is 0 Å². The largest absolute Gasteiger partial charge is 0.241 e. The van der Waals surface area contributed by atoms with Gasteiger partial charge in [0.1, 0.15) is 5.82 Å². The SMILES string of the molecule is CCCC(C)(CC)c1cnc(CC)nc1. The second-order valence-electron chi connectivity index (χ2n) is 4.41. The molecule has 0 aliphatic heterocycles. The van der Waals surface area contributed by atoms with E-state index in [-0.39, 0.29) is 5.41 Å². The highest BCUT2D eigenvalue weighted by Gasteiger charge is 2.23. The zero-order valence-corrected chi connectivity index (χ0v) is 10.4. The van der Waals surface area contributed by atoms with Crippen molar-refractivity contribution in [3.63, 3.8) is 0 Å². The van der Waals surface area contributed by atoms with Gasteiger partial charge in [-0.3, -0.25) is 0 Å². The van der Waals surface area contributed by atoms with Gasteiger partial charge in [-0.15, -0.1) is 0 Å². The van der Waals surface area contributed by atoms with Gasteiger partial charge in [0.2, 0.25) is 0 Å². The van der Waals surface area contributed by atoms with Crippen molar-refractivity contribution in [2.75, 3.05) is 0 Å². The summed E-state index contributed by atoms with van der Waals surface area (Å²) in [5, 5.41) is 0. The van der Waals surface area contributed by atoms with E-state index in [1.165, 1.54) is 18.4 Å². The van der Waals surface area contributed by atoms with Crippen LogP contribution in [0.1, 0.15) is 58.3 Å². The van der Waals surface area contributed by atoms with Crippen LogP contribution in [-0.2, 0) is 11.8 Å². The van der Waals surface area contributed by atoms with Crippen molar-refractivity contribution in [1.82, 2.24) is 9.97 Å². The molecule has 84 valence electrons. The lowest BCUT2D eigenvalue weighted by molar-refractivity contribution is 0.410. The van der Waals surface area contributed by atoms with Crippen LogP contribution in [0.3, 0.4) is 0 Å². The summed E-state index contributed by atoms with van der Waals surface area (Å²) in [6.45, 7) is 8.86. The minimum Gasteiger partial charge on any atom is -0.241 e. The van der Waals surface area contributed by atoms with Crippen LogP contribution >= 0.6 is 0 Å². The van der Waals surface area contributed by atoms with Crippen LogP contribution in [0.4, 0.5) is 0 Å². The standard InChI is InChI=1S/C13H22N2/c1-5-8-13(4,7-3)11-9-14-12(6-2)15-10-11/h9-10H,5-8H2,1-4H3. The van der Waals surface area contributed by atoms with Gasteiger partial charge in [0.25, 0.3) is 0 Å². The molecule has 2 nitrogen and oxygen atoms in total. The second kappa shape index (κ2) is 5.24. The minimum absolute atomic E-state index is 0.251. The van der Waals surface area contributed by atoms with E-state index in [9.17, 15) is 0 Å². The maximum Gasteiger partial charge on any atom is 0.127 e. The molecule has 0 aromatic carbocycles. The third-order valence-corrected chi connectivity index (χ3v) is 3.30. The van der Waals surface area contributed by atoms with Crippen molar-refractivity contribution in [2.45, 2.75) is 58.8 Å². The summed E-state index contributed by atoms with van der Waals surface area (Å²) in [6.07, 6.45) is 8.49. The lowest BCUT2D eigenvalue weighted by atomic mass is 9.78. The first-order chi connectivity index (χ1) is 7.16. The van der Waals surface area contributed by atoms with Crippen LogP contribution in [0.2, 0.25) is 0 Å². The Labute approximate surface area is 93.2 Å². The monoisotopic (exact) mass is 206 g/mol. The molecule has 0 saturated carbocycles. The topological polar surface area (TPSA) is 25.8 Å². The Balaban J connectivity index is 2.92. The van der Waals surface area contributed by atoms with E-state index in [0.717, 1.165) is 18.7 Å². The van der Waals surface area contributed by atoms with E-state index in [4.69, 9.17) is 0 Å². The fraction of sp³-hybridized carbons (Fsp3) is 0.692. The molecule has 1 aromatic heterocycles. The summed E-state index contributed by atoms with van der Waals surface area (Å²) in [5.74, 6) is 0.939. The van der Waals surface area contributed by atoms with E-state index in [1.807, 2.05) is 12.4 Å². The number of hydrogen-bond acceptors (Lipinski definition) is 2. The number of aryl methyl sites for hydroxylation is 1. The molecule has 15 heavy (non-hydrogen) atoms. The van der Waals surface area contributed by atoms with E-state index >= 15 is 0 Å². The quantitative estimate of drug-likeness (QED) is 0.736. The minimum atomic E-state index is 0.251. The first-order valence-corrected chi connectivity index (χ1v) is 5.97. The molecule has 0 fully saturated rings. The van der Waals surface area contributed by atoms with Gasteiger partial charge < -0.3 is 0 Å². The molecule has 1 rings (SSSR count). The molecule has 0 aliphatic carbocycles. The molecule has 2 heteroatoms. The van der Waals surface area contributed by atoms with Crippen LogP contribution in [0.5, 0.6) is 0 Å². The van der Waals surface area contributed by atoms with E-state index in [2.05, 4.69) is 37.7 Å². The van der Waals surface area contributed by atoms with Crippen LogP contribution in [0.15, 0.2) is 12.4 Å². The lowest BCUT2D eigenvalue weighted by Gasteiger charge is -2.27. The maximum atomic E-state index is 4.38. The molecule has 0 aliphatic rings. The van der Waals surface area contributed by atoms with Gasteiger partial charge in [0.15, 0.2) is 0 Å². The lowest BCUT2D eigenvalue weighted by Crippen LogP contribution is -2.21. The molecule has 1 unspecified atom stereocenters. The van der Waals surface area contributed by atoms with Crippen LogP contribution in [0.25, 0.3) is 0 Å². The highest BCUT2D eigenvalue weighted by atomic mass is 14.9. The van der Waals surface area contributed by atoms with Gasteiger partial charge >= 0.3 is 0 Å². The van der Waals surface area contributed by atoms with Crippen molar-refractivity contribution in [3.8, 4) is 0 Å². The summed E-state index contributed by atoms with van der Waals surface area (Å²) in [6, 6.07) is 0. The summed E-state index contributed by atoms with van der Waals surface area (Å²) in [4.78, 5) is 8.76. The third-order valence-electron chi connectivity index (χ3n) is 3.30. The van der Waals surface area contributed by atoms with Crippen molar-refractivity contribution < 1.29 is 0 Å². The molecule has 0 saturated heterocycles. The Morgan fingerprint density at radius 2 is 1.73 bits per heavy atom. The third kappa shape index (κ3) is 2.77. The van der Waals surface area contributed by atoms with Crippen LogP contribution in [-0.4, -0.2) is 9.97 Å². The summed E-state index contributed by atoms with van der Waals surface area (Å²) >= 11 is 0. The number of rotatable bonds is 5. The first-order valence-electron chi connectivity index (χ1n) is 5.97. The van der Waals surface area contributed by atoms with Crippen LogP contribution < -0.4 is 0 Å². The predicted molar refractivity (Wildman–Crippen MR) is 64.0 cm³/mol. The van der Waals surface area contributed by atoms with Gasteiger partial charge in [-0.2, -0.15) is 0 Å². The molecule has 0 amide bonds. The van der Waals surface area contributed by atoms with Crippen molar-refractivity contribution in [3.05, 3.63) is 23.8 Å². The molecule has 1 atom stereocenters. The average Bonchev–Trinajstić information content (AvgIpc) is 2.29. The highest BCUT2D eigenvalue weighted by Crippen LogP contribution is 2.31. The zero-order valence-electron chi connectivity index (χ0n) is 10.4. The predicted octanol–water partition coefficient (Wildman–Crippen LogP) is 3.51. The molecule has 0 bridgehead atoms. The normalized spacial score (nSPS) is 14.9. The average molecular weight is 206 g/mol. The molecule has 1 aromatic rings. The fourth-order valence-corrected chi connectivity index (χ4v) is 1.93. The Hall–Kier alpha value is -0.920. The molecule has 0 spiro atoms. The molecular weight excluding hydrogens is 184 g/mol. The molecule has 0 radical (unpaired) electrons. The van der Waals surface area contributed by atoms with Gasteiger partial charge in [0.05, 0.1) is 0 Å². The summed E-state index contributed by atoms with van der Waals surface area (Å²) < 4.78 is 0. The van der Waals surface area contributed by atoms with E-state index < -0.39 is 0 Å². The Morgan fingerprint density at radius 3 is 2.13 bits per heavy atom. The van der Waals surface area contributed by atoms with Gasteiger partial charge in [-0.05, 0) is 23.8 Å². The second-order valence-corrected chi connectivity index (χ2v) is 4.41. The van der Waals surface area contributed by atoms with Gasteiger partial charge in [0, 0.05) is 18.8 Å². The molecular formula is C13H22N2. The van der Waals surface area contributed by atoms with Crippen molar-refractivity contribution >= 4 is 0 Å². The number of aromatic nitrogens is 2. The maximum absolute atomic E-state index is 4.38. The number of hydrogen-bond donors (Lipinski definition) is 0. The number of nitrogens with zero attached hydrogens (tertiary/aromatic N) is 2. The van der Waals surface area contributed by atoms with E-state index in [1.54, 1.807) is 0 Å². The van der Waals surface area contributed by atoms with Crippen molar-refractivity contribution in [2.24, 2.45) is 0 Å². The summed E-state index contributed by atoms with van der Waals surface area (Å²) in [7, 11) is 0. The Morgan fingerprint density at radius 1 is 1.13 bits per heavy atom.